The number of carbonyl (C=O) groups is 2. The lowest BCUT2D eigenvalue weighted by Gasteiger charge is -2.24. The fraction of sp³-hybridized carbons (Fsp3) is 0.467. The quantitative estimate of drug-likeness (QED) is 0.350. The molecule has 0 bridgehead atoms. The molecule has 128 valence electrons. The van der Waals surface area contributed by atoms with Gasteiger partial charge in [0.2, 0.25) is 0 Å². The molecule has 8 heteroatoms. The first kappa shape index (κ1) is 18.8. The fourth-order valence-electron chi connectivity index (χ4n) is 1.86. The summed E-state index contributed by atoms with van der Waals surface area (Å²) in [4.78, 5) is 23.4. The van der Waals surface area contributed by atoms with Gasteiger partial charge >= 0.3 is 18.1 Å². The van der Waals surface area contributed by atoms with Crippen LogP contribution in [-0.4, -0.2) is 31.3 Å². The minimum atomic E-state index is -4.44. The Bertz CT molecular complexity index is 515. The van der Waals surface area contributed by atoms with Crippen LogP contribution in [0.25, 0.3) is 0 Å². The first-order valence-electron chi connectivity index (χ1n) is 7.05. The molecule has 0 aromatic rings. The minimum Gasteiger partial charge on any atom is -0.462 e. The summed E-state index contributed by atoms with van der Waals surface area (Å²) in [5.41, 5.74) is -0.656. The number of rotatable bonds is 6. The van der Waals surface area contributed by atoms with Gasteiger partial charge in [-0.2, -0.15) is 13.2 Å². The second-order valence-electron chi connectivity index (χ2n) is 4.52. The Morgan fingerprint density at radius 3 is 2.30 bits per heavy atom. The first-order chi connectivity index (χ1) is 10.8. The van der Waals surface area contributed by atoms with Crippen molar-refractivity contribution in [1.29, 1.82) is 0 Å². The molecular formula is C15H18F3NO4. The molecule has 23 heavy (non-hydrogen) atoms. The number of halogens is 3. The number of hydrogen-bond acceptors (Lipinski definition) is 5. The van der Waals surface area contributed by atoms with Crippen LogP contribution in [0.3, 0.4) is 0 Å². The third-order valence-electron chi connectivity index (χ3n) is 2.93. The SMILES string of the molecule is CCOC(=O)C(=CNC1=CC=CC[C@@H]1C(F)(F)F)C(=O)OCC. The van der Waals surface area contributed by atoms with Gasteiger partial charge in [0, 0.05) is 11.9 Å². The van der Waals surface area contributed by atoms with Gasteiger partial charge in [-0.15, -0.1) is 0 Å². The molecule has 0 amide bonds. The monoisotopic (exact) mass is 333 g/mol. The van der Waals surface area contributed by atoms with Crippen LogP contribution in [0.2, 0.25) is 0 Å². The van der Waals surface area contributed by atoms with Gasteiger partial charge in [0.1, 0.15) is 0 Å². The van der Waals surface area contributed by atoms with Gasteiger partial charge in [0.15, 0.2) is 5.57 Å². The van der Waals surface area contributed by atoms with Crippen LogP contribution in [0.5, 0.6) is 0 Å². The lowest BCUT2D eigenvalue weighted by atomic mass is 9.96. The van der Waals surface area contributed by atoms with Crippen molar-refractivity contribution in [2.75, 3.05) is 13.2 Å². The maximum atomic E-state index is 13.0. The average Bonchev–Trinajstić information content (AvgIpc) is 2.47. The molecule has 1 rings (SSSR count). The maximum absolute atomic E-state index is 13.0. The van der Waals surface area contributed by atoms with Gasteiger partial charge in [-0.25, -0.2) is 9.59 Å². The van der Waals surface area contributed by atoms with Gasteiger partial charge in [-0.1, -0.05) is 12.2 Å². The Balaban J connectivity index is 2.98. The molecule has 0 heterocycles. The Kier molecular flexibility index (Phi) is 6.87. The number of nitrogens with one attached hydrogen (secondary N) is 1. The maximum Gasteiger partial charge on any atom is 0.397 e. The number of ether oxygens (including phenoxy) is 2. The molecule has 1 aliphatic rings. The molecule has 1 aliphatic carbocycles. The van der Waals surface area contributed by atoms with Gasteiger partial charge in [0.25, 0.3) is 0 Å². The van der Waals surface area contributed by atoms with E-state index in [-0.39, 0.29) is 25.3 Å². The van der Waals surface area contributed by atoms with Gasteiger partial charge in [0.05, 0.1) is 19.1 Å². The number of allylic oxidation sites excluding steroid dienone is 4. The highest BCUT2D eigenvalue weighted by Gasteiger charge is 2.41. The molecule has 0 unspecified atom stereocenters. The number of esters is 2. The van der Waals surface area contributed by atoms with Crippen LogP contribution in [-0.2, 0) is 19.1 Å². The van der Waals surface area contributed by atoms with Crippen LogP contribution in [0.4, 0.5) is 13.2 Å². The number of hydrogen-bond donors (Lipinski definition) is 1. The molecule has 5 nitrogen and oxygen atoms in total. The summed E-state index contributed by atoms with van der Waals surface area (Å²) in [6, 6.07) is 0. The van der Waals surface area contributed by atoms with Crippen LogP contribution < -0.4 is 5.32 Å². The predicted octanol–water partition coefficient (Wildman–Crippen LogP) is 2.61. The van der Waals surface area contributed by atoms with Crippen molar-refractivity contribution in [3.63, 3.8) is 0 Å². The second kappa shape index (κ2) is 8.40. The highest BCUT2D eigenvalue weighted by molar-refractivity contribution is 6.13. The van der Waals surface area contributed by atoms with E-state index in [1.54, 1.807) is 13.8 Å². The Morgan fingerprint density at radius 1 is 1.26 bits per heavy atom. The van der Waals surface area contributed by atoms with Crippen LogP contribution in [0, 0.1) is 5.92 Å². The van der Waals surface area contributed by atoms with Crippen LogP contribution in [0.1, 0.15) is 20.3 Å². The summed E-state index contributed by atoms with van der Waals surface area (Å²) >= 11 is 0. The summed E-state index contributed by atoms with van der Waals surface area (Å²) in [5, 5.41) is 2.38. The van der Waals surface area contributed by atoms with Gasteiger partial charge in [-0.05, 0) is 26.3 Å². The highest BCUT2D eigenvalue weighted by Crippen LogP contribution is 2.35. The summed E-state index contributed by atoms with van der Waals surface area (Å²) in [7, 11) is 0. The van der Waals surface area contributed by atoms with Crippen molar-refractivity contribution in [2.24, 2.45) is 5.92 Å². The summed E-state index contributed by atoms with van der Waals surface area (Å²) in [6.45, 7) is 3.13. The zero-order valence-corrected chi connectivity index (χ0v) is 12.8. The first-order valence-corrected chi connectivity index (χ1v) is 7.05. The average molecular weight is 333 g/mol. The molecule has 0 fully saturated rings. The van der Waals surface area contributed by atoms with E-state index >= 15 is 0 Å². The standard InChI is InChI=1S/C15H18F3NO4/c1-3-22-13(20)10(14(21)23-4-2)9-19-12-8-6-5-7-11(12)15(16,17)18/h5-6,8-9,11,19H,3-4,7H2,1-2H3/t11-/m0/s1. The lowest BCUT2D eigenvalue weighted by molar-refractivity contribution is -0.164. The lowest BCUT2D eigenvalue weighted by Crippen LogP contribution is -2.31. The molecule has 0 aliphatic heterocycles. The second-order valence-corrected chi connectivity index (χ2v) is 4.52. The highest BCUT2D eigenvalue weighted by atomic mass is 19.4. The summed E-state index contributed by atoms with van der Waals surface area (Å²) < 4.78 is 48.3. The van der Waals surface area contributed by atoms with Crippen LogP contribution in [0.15, 0.2) is 35.7 Å². The summed E-state index contributed by atoms with van der Waals surface area (Å²) in [5.74, 6) is -3.66. The van der Waals surface area contributed by atoms with Crippen molar-refractivity contribution in [3.05, 3.63) is 35.7 Å². The van der Waals surface area contributed by atoms with Crippen molar-refractivity contribution in [3.8, 4) is 0 Å². The van der Waals surface area contributed by atoms with Crippen molar-refractivity contribution in [1.82, 2.24) is 5.32 Å². The third kappa shape index (κ3) is 5.46. The molecule has 0 saturated heterocycles. The van der Waals surface area contributed by atoms with E-state index < -0.39 is 29.6 Å². The molecule has 0 saturated carbocycles. The van der Waals surface area contributed by atoms with E-state index in [1.165, 1.54) is 18.2 Å². The minimum absolute atomic E-state index is 0.0200. The van der Waals surface area contributed by atoms with Crippen molar-refractivity contribution in [2.45, 2.75) is 26.4 Å². The molecular weight excluding hydrogens is 315 g/mol. The van der Waals surface area contributed by atoms with E-state index in [1.807, 2.05) is 0 Å². The van der Waals surface area contributed by atoms with E-state index in [0.717, 1.165) is 6.20 Å². The molecule has 0 aromatic heterocycles. The van der Waals surface area contributed by atoms with Gasteiger partial charge in [-0.3, -0.25) is 0 Å². The number of carbonyl (C=O) groups excluding carboxylic acids is 2. The zero-order valence-electron chi connectivity index (χ0n) is 12.8. The molecule has 1 N–H and O–H groups in total. The topological polar surface area (TPSA) is 64.6 Å². The molecule has 0 radical (unpaired) electrons. The Morgan fingerprint density at radius 2 is 1.83 bits per heavy atom. The molecule has 0 spiro atoms. The number of alkyl halides is 3. The largest absolute Gasteiger partial charge is 0.462 e. The van der Waals surface area contributed by atoms with Crippen LogP contribution >= 0.6 is 0 Å². The molecule has 0 aromatic carbocycles. The van der Waals surface area contributed by atoms with E-state index in [4.69, 9.17) is 9.47 Å². The van der Waals surface area contributed by atoms with Crippen molar-refractivity contribution < 1.29 is 32.2 Å². The Labute approximate surface area is 131 Å². The van der Waals surface area contributed by atoms with Crippen molar-refractivity contribution >= 4 is 11.9 Å². The van der Waals surface area contributed by atoms with E-state index in [0.29, 0.717) is 0 Å². The van der Waals surface area contributed by atoms with E-state index in [2.05, 4.69) is 5.32 Å². The normalized spacial score (nSPS) is 17.1. The molecule has 1 atom stereocenters. The smallest absolute Gasteiger partial charge is 0.397 e. The predicted molar refractivity (Wildman–Crippen MR) is 75.9 cm³/mol. The van der Waals surface area contributed by atoms with E-state index in [9.17, 15) is 22.8 Å². The fourth-order valence-corrected chi connectivity index (χ4v) is 1.86. The third-order valence-corrected chi connectivity index (χ3v) is 2.93. The Hall–Kier alpha value is -2.25. The summed E-state index contributed by atoms with van der Waals surface area (Å²) in [6.07, 6.45) is 0.332. The zero-order chi connectivity index (χ0) is 17.5. The van der Waals surface area contributed by atoms with Gasteiger partial charge < -0.3 is 14.8 Å².